The molecule has 2 fully saturated rings. The number of carbonyl (C=O) groups is 2. The molecule has 41 heavy (non-hydrogen) atoms. The molecule has 4 unspecified atom stereocenters. The summed E-state index contributed by atoms with van der Waals surface area (Å²) < 4.78 is 88.0. The Morgan fingerprint density at radius 3 is 2.76 bits per heavy atom. The van der Waals surface area contributed by atoms with Crippen molar-refractivity contribution in [3.05, 3.63) is 34.9 Å². The predicted molar refractivity (Wildman–Crippen MR) is 153 cm³/mol. The highest BCUT2D eigenvalue weighted by molar-refractivity contribution is 5.93. The van der Waals surface area contributed by atoms with Crippen LogP contribution in [-0.2, 0) is 22.0 Å². The number of methoxy groups -OCH3 is 1. The second kappa shape index (κ2) is 9.49. The maximum Gasteiger partial charge on any atom is 0.407 e. The fraction of sp³-hybridized carbons (Fsp3) is 0.481. The maximum absolute atomic E-state index is 13.6. The average Bonchev–Trinajstić information content (AvgIpc) is 3.22. The summed E-state index contributed by atoms with van der Waals surface area (Å²) in [6, 6.07) is 2.05. The molecule has 2 saturated carbocycles. The number of fused-ring (bicyclic) bond motifs is 2. The van der Waals surface area contributed by atoms with Crippen LogP contribution in [0.1, 0.15) is 52.4 Å². The molecular formula is C27H34N10O4. The number of carbonyl (C=O) groups excluding carboxylic acids is 2. The summed E-state index contributed by atoms with van der Waals surface area (Å²) in [4.78, 5) is 47.3. The van der Waals surface area contributed by atoms with Crippen LogP contribution in [0.4, 0.5) is 22.2 Å². The number of aryl methyl sites for hydroxylation is 1. The zero-order valence-electron chi connectivity index (χ0n) is 32.1. The van der Waals surface area contributed by atoms with Crippen LogP contribution in [0.2, 0.25) is 0 Å². The normalized spacial score (nSPS) is 29.9. The fourth-order valence-corrected chi connectivity index (χ4v) is 5.67. The zero-order chi connectivity index (χ0) is 37.6. The predicted octanol–water partition coefficient (Wildman–Crippen LogP) is 1.96. The number of anilines is 3. The molecule has 2 aliphatic rings. The van der Waals surface area contributed by atoms with Crippen molar-refractivity contribution in [2.75, 3.05) is 31.3 Å². The van der Waals surface area contributed by atoms with E-state index in [1.54, 1.807) is 6.92 Å². The molecule has 0 saturated heterocycles. The van der Waals surface area contributed by atoms with E-state index in [2.05, 4.69) is 30.4 Å². The number of nitrogens with two attached hydrogens (primary N) is 1. The molecule has 0 radical (unpaired) electrons. The van der Waals surface area contributed by atoms with Gasteiger partial charge in [0.1, 0.15) is 17.2 Å². The van der Waals surface area contributed by atoms with Crippen molar-refractivity contribution >= 4 is 51.5 Å². The Morgan fingerprint density at radius 1 is 1.27 bits per heavy atom. The molecule has 14 heteroatoms. The lowest BCUT2D eigenvalue weighted by Crippen LogP contribution is -2.36. The Balaban J connectivity index is 1.46. The SMILES string of the molecule is [2H]C1(NC(=O)OC)CCC(n2c(=O)n(C([2H])([2H])[2H])c3cnc(Nc4ccc5c(N(C([2H])([2H])[2H])C([2H])([2H])[2H])nn(C6(C(N)=O)CC6C)c5n4)cc32)C1. The fourth-order valence-electron chi connectivity index (χ4n) is 5.67. The first-order valence-corrected chi connectivity index (χ1v) is 12.8. The third kappa shape index (κ3) is 4.16. The van der Waals surface area contributed by atoms with Crippen molar-refractivity contribution in [1.29, 1.82) is 0 Å². The van der Waals surface area contributed by atoms with Gasteiger partial charge in [-0.1, -0.05) is 6.92 Å². The highest BCUT2D eigenvalue weighted by atomic mass is 16.5. The van der Waals surface area contributed by atoms with E-state index in [0.717, 1.165) is 11.8 Å². The number of amides is 2. The van der Waals surface area contributed by atoms with Gasteiger partial charge < -0.3 is 26.0 Å². The van der Waals surface area contributed by atoms with Crippen LogP contribution in [0.15, 0.2) is 29.2 Å². The minimum Gasteiger partial charge on any atom is -0.453 e. The van der Waals surface area contributed by atoms with Crippen molar-refractivity contribution in [2.24, 2.45) is 18.6 Å². The molecule has 14 nitrogen and oxygen atoms in total. The van der Waals surface area contributed by atoms with Crippen LogP contribution in [-0.4, -0.2) is 68.0 Å². The van der Waals surface area contributed by atoms with Gasteiger partial charge in [-0.15, -0.1) is 0 Å². The first kappa shape index (κ1) is 17.3. The molecule has 0 aliphatic heterocycles. The Kier molecular flexibility index (Phi) is 3.99. The zero-order valence-corrected chi connectivity index (χ0v) is 22.1. The van der Waals surface area contributed by atoms with Crippen molar-refractivity contribution in [1.82, 2.24) is 34.2 Å². The molecule has 2 aliphatic carbocycles. The van der Waals surface area contributed by atoms with Crippen LogP contribution in [0, 0.1) is 5.92 Å². The van der Waals surface area contributed by atoms with Crippen molar-refractivity contribution < 1.29 is 28.0 Å². The quantitative estimate of drug-likeness (QED) is 0.300. The lowest BCUT2D eigenvalue weighted by molar-refractivity contribution is -0.123. The second-order valence-electron chi connectivity index (χ2n) is 10.3. The van der Waals surface area contributed by atoms with Gasteiger partial charge in [0.2, 0.25) is 5.91 Å². The number of aromatic nitrogens is 6. The molecular weight excluding hydrogens is 528 g/mol. The van der Waals surface area contributed by atoms with Crippen LogP contribution >= 0.6 is 0 Å². The smallest absolute Gasteiger partial charge is 0.407 e. The molecule has 4 heterocycles. The molecule has 4 aromatic heterocycles. The van der Waals surface area contributed by atoms with Crippen LogP contribution in [0.25, 0.3) is 22.1 Å². The van der Waals surface area contributed by atoms with Gasteiger partial charge in [0.05, 0.1) is 31.1 Å². The van der Waals surface area contributed by atoms with E-state index in [4.69, 9.17) is 19.4 Å². The van der Waals surface area contributed by atoms with E-state index in [0.29, 0.717) is 4.57 Å². The molecule has 0 aromatic carbocycles. The van der Waals surface area contributed by atoms with E-state index in [-0.39, 0.29) is 70.2 Å². The van der Waals surface area contributed by atoms with E-state index in [9.17, 15) is 14.4 Å². The number of pyridine rings is 2. The summed E-state index contributed by atoms with van der Waals surface area (Å²) >= 11 is 0. The van der Waals surface area contributed by atoms with Gasteiger partial charge in [-0.2, -0.15) is 5.10 Å². The minimum atomic E-state index is -3.15. The molecule has 6 rings (SSSR count). The molecule has 4 aromatic rings. The first-order chi connectivity index (χ1) is 23.5. The van der Waals surface area contributed by atoms with Gasteiger partial charge in [-0.3, -0.25) is 13.9 Å². The number of nitrogens with one attached hydrogen (secondary N) is 2. The number of hydrogen-bond donors (Lipinski definition) is 3. The lowest BCUT2D eigenvalue weighted by atomic mass is 10.2. The summed E-state index contributed by atoms with van der Waals surface area (Å²) in [6.45, 7) is -7.46. The van der Waals surface area contributed by atoms with Gasteiger partial charge in [0.25, 0.3) is 0 Å². The highest BCUT2D eigenvalue weighted by Crippen LogP contribution is 2.51. The molecule has 216 valence electrons. The lowest BCUT2D eigenvalue weighted by Gasteiger charge is -2.15. The molecule has 4 N–H and O–H groups in total. The summed E-state index contributed by atoms with van der Waals surface area (Å²) in [5.41, 5.74) is 3.62. The van der Waals surface area contributed by atoms with E-state index in [1.807, 2.05) is 0 Å². The summed E-state index contributed by atoms with van der Waals surface area (Å²) in [5, 5.41) is 9.76. The summed E-state index contributed by atoms with van der Waals surface area (Å²) in [6.07, 6.45) is 0.997. The second-order valence-corrected chi connectivity index (χ2v) is 10.3. The number of nitrogens with zero attached hydrogens (tertiary/aromatic N) is 7. The molecule has 0 bridgehead atoms. The number of primary amides is 1. The van der Waals surface area contributed by atoms with Crippen molar-refractivity contribution in [3.8, 4) is 0 Å². The number of imidazole rings is 1. The number of alkyl carbamates (subject to hydrolysis) is 1. The molecule has 4 atom stereocenters. The van der Waals surface area contributed by atoms with Gasteiger partial charge in [0, 0.05) is 51.4 Å². The molecule has 2 amide bonds. The standard InChI is InChI=1S/C27H34N10O4/c1-14-12-27(14,24(28)38)37-22-17(23(33-37)34(2)3)8-9-20(32-22)31-21-11-18-19(13-29-21)35(4)26(40)36(18)16-7-6-15(10-16)30-25(39)41-5/h8-9,11,13-16H,6-7,10,12H2,1-5H3,(H2,28,38)(H,30,39)(H,29,31,32)/i2D3,3D3,4D3,15D. The van der Waals surface area contributed by atoms with Gasteiger partial charge in [0.15, 0.2) is 11.5 Å². The minimum absolute atomic E-state index is 0.0133. The van der Waals surface area contributed by atoms with Crippen molar-refractivity contribution in [2.45, 2.75) is 50.2 Å². The third-order valence-corrected chi connectivity index (χ3v) is 7.91. The molecule has 0 spiro atoms. The van der Waals surface area contributed by atoms with Gasteiger partial charge >= 0.3 is 11.8 Å². The van der Waals surface area contributed by atoms with E-state index >= 15 is 0 Å². The van der Waals surface area contributed by atoms with Crippen molar-refractivity contribution in [3.63, 3.8) is 0 Å². The Labute approximate surface area is 249 Å². The Bertz CT molecular complexity index is 2110. The van der Waals surface area contributed by atoms with Gasteiger partial charge in [-0.25, -0.2) is 24.2 Å². The van der Waals surface area contributed by atoms with Crippen LogP contribution in [0.5, 0.6) is 0 Å². The highest BCUT2D eigenvalue weighted by Gasteiger charge is 2.60. The van der Waals surface area contributed by atoms with E-state index < -0.39 is 62.0 Å². The average molecular weight is 573 g/mol. The topological polar surface area (TPSA) is 167 Å². The largest absolute Gasteiger partial charge is 0.453 e. The van der Waals surface area contributed by atoms with Crippen LogP contribution in [0.3, 0.4) is 0 Å². The van der Waals surface area contributed by atoms with Crippen LogP contribution < -0.4 is 27.0 Å². The number of hydrogen-bond acceptors (Lipinski definition) is 9. The Hall–Kier alpha value is -4.62. The van der Waals surface area contributed by atoms with Gasteiger partial charge in [-0.05, 0) is 43.7 Å². The monoisotopic (exact) mass is 572 g/mol. The summed E-state index contributed by atoms with van der Waals surface area (Å²) in [7, 11) is 1.16. The first-order valence-electron chi connectivity index (χ1n) is 17.8. The third-order valence-electron chi connectivity index (χ3n) is 7.91. The summed E-state index contributed by atoms with van der Waals surface area (Å²) in [5.74, 6) is -1.38. The Morgan fingerprint density at radius 2 is 2.07 bits per heavy atom. The number of ether oxygens (including phenoxy) is 1. The maximum atomic E-state index is 13.6. The van der Waals surface area contributed by atoms with E-state index in [1.165, 1.54) is 29.0 Å². The number of rotatable bonds is 7.